The molecule has 0 spiro atoms. The van der Waals surface area contributed by atoms with Crippen LogP contribution in [0.5, 0.6) is 0 Å². The van der Waals surface area contributed by atoms with Gasteiger partial charge < -0.3 is 20.0 Å². The summed E-state index contributed by atoms with van der Waals surface area (Å²) in [7, 11) is -2.81. The van der Waals surface area contributed by atoms with E-state index < -0.39 is 26.4 Å². The number of hydrogen-bond donors (Lipinski definition) is 3. The summed E-state index contributed by atoms with van der Waals surface area (Å²) in [5, 5.41) is 18.5. The number of hydrogen-bond acceptors (Lipinski definition) is 4. The first-order chi connectivity index (χ1) is 15.6. The van der Waals surface area contributed by atoms with Crippen LogP contribution >= 0.6 is 0 Å². The molecule has 32 heavy (non-hydrogen) atoms. The number of carboxylic acid groups (broad SMARTS) is 1. The van der Waals surface area contributed by atoms with Crippen molar-refractivity contribution in [2.24, 2.45) is 0 Å². The third kappa shape index (κ3) is 6.76. The summed E-state index contributed by atoms with van der Waals surface area (Å²) >= 11 is 0. The summed E-state index contributed by atoms with van der Waals surface area (Å²) in [5.41, 5.74) is 0. The minimum absolute atomic E-state index is 0.0201. The van der Waals surface area contributed by atoms with E-state index in [9.17, 15) is 14.7 Å². The number of aliphatic carboxylic acids is 1. The fourth-order valence-corrected chi connectivity index (χ4v) is 8.64. The number of carboxylic acids is 1. The first-order valence-corrected chi connectivity index (χ1v) is 12.9. The normalized spacial score (nSPS) is 14.3. The number of nitrogens with one attached hydrogen (secondary N) is 1. The summed E-state index contributed by atoms with van der Waals surface area (Å²) in [5.74, 6) is -1.22. The van der Waals surface area contributed by atoms with Crippen molar-refractivity contribution >= 4 is 30.6 Å². The molecule has 7 heteroatoms. The topological polar surface area (TPSA) is 95.9 Å². The molecule has 2 rings (SSSR count). The van der Waals surface area contributed by atoms with Crippen LogP contribution < -0.4 is 15.7 Å². The quantitative estimate of drug-likeness (QED) is 0.424. The number of carbonyl (C=O) groups is 2. The second-order valence-electron chi connectivity index (χ2n) is 9.19. The van der Waals surface area contributed by atoms with Crippen molar-refractivity contribution in [3.63, 3.8) is 0 Å². The lowest BCUT2D eigenvalue weighted by Gasteiger charge is -2.43. The Bertz CT molecular complexity index is 849. The van der Waals surface area contributed by atoms with E-state index in [1.54, 1.807) is 6.92 Å². The second-order valence-corrected chi connectivity index (χ2v) is 13.5. The molecule has 0 fully saturated rings. The SMILES string of the molecule is [3H]O[C@H](C)CC(=O)N[C@@H](CCC(=O)O)CO[Si](c1ccccc1)(c1ccccc1)C(C)(C)C. The van der Waals surface area contributed by atoms with Gasteiger partial charge in [-0.25, -0.2) is 0 Å². The Labute approximate surface area is 193 Å². The number of aliphatic hydroxyl groups excluding tert-OH is 1. The lowest BCUT2D eigenvalue weighted by atomic mass is 10.1. The molecule has 0 heterocycles. The van der Waals surface area contributed by atoms with E-state index in [0.29, 0.717) is 0 Å². The van der Waals surface area contributed by atoms with Gasteiger partial charge in [-0.15, -0.1) is 0 Å². The van der Waals surface area contributed by atoms with E-state index in [1.165, 1.54) is 0 Å². The summed E-state index contributed by atoms with van der Waals surface area (Å²) in [6.07, 6.45) is -0.371. The Morgan fingerprint density at radius 2 is 1.59 bits per heavy atom. The third-order valence-electron chi connectivity index (χ3n) is 5.46. The summed E-state index contributed by atoms with van der Waals surface area (Å²) < 4.78 is 13.8. The highest BCUT2D eigenvalue weighted by Gasteiger charge is 2.50. The fourth-order valence-electron chi connectivity index (χ4n) is 4.03. The molecule has 174 valence electrons. The van der Waals surface area contributed by atoms with Gasteiger partial charge in [-0.3, -0.25) is 9.59 Å². The van der Waals surface area contributed by atoms with Gasteiger partial charge in [0.2, 0.25) is 7.34 Å². The third-order valence-corrected chi connectivity index (χ3v) is 10.5. The highest BCUT2D eigenvalue weighted by molar-refractivity contribution is 6.99. The van der Waals surface area contributed by atoms with E-state index in [0.717, 1.165) is 10.4 Å². The molecule has 0 bridgehead atoms. The van der Waals surface area contributed by atoms with Gasteiger partial charge in [-0.05, 0) is 28.8 Å². The van der Waals surface area contributed by atoms with Crippen LogP contribution in [0.2, 0.25) is 5.04 Å². The van der Waals surface area contributed by atoms with Crippen molar-refractivity contribution in [1.82, 2.24) is 5.32 Å². The average Bonchev–Trinajstić information content (AvgIpc) is 2.78. The van der Waals surface area contributed by atoms with E-state index in [-0.39, 0.29) is 36.8 Å². The van der Waals surface area contributed by atoms with Crippen LogP contribution in [0.25, 0.3) is 0 Å². The molecule has 1 amide bonds. The summed E-state index contributed by atoms with van der Waals surface area (Å²) in [4.78, 5) is 23.7. The van der Waals surface area contributed by atoms with Crippen LogP contribution in [0.15, 0.2) is 60.7 Å². The van der Waals surface area contributed by atoms with Crippen LogP contribution in [-0.2, 0) is 14.0 Å². The molecule has 0 aliphatic rings. The number of rotatable bonds is 12. The summed E-state index contributed by atoms with van der Waals surface area (Å²) in [6, 6.07) is 19.8. The maximum absolute atomic E-state index is 12.5. The number of amides is 1. The number of aliphatic hydroxyl groups is 1. The Kier molecular flexibility index (Phi) is 8.61. The monoisotopic (exact) mass is 459 g/mol. The minimum Gasteiger partial charge on any atom is -0.481 e. The molecule has 2 aromatic rings. The fraction of sp³-hybridized carbons (Fsp3) is 0.440. The molecule has 0 aliphatic heterocycles. The van der Waals surface area contributed by atoms with Crippen LogP contribution in [0.1, 0.15) is 47.0 Å². The second kappa shape index (κ2) is 11.4. The van der Waals surface area contributed by atoms with Gasteiger partial charge in [-0.1, -0.05) is 81.4 Å². The van der Waals surface area contributed by atoms with Gasteiger partial charge >= 0.3 is 5.97 Å². The number of carbonyl (C=O) groups excluding carboxylic acids is 1. The highest BCUT2D eigenvalue weighted by Crippen LogP contribution is 2.36. The molecular formula is C25H35NO5Si. The zero-order chi connectivity index (χ0) is 24.5. The van der Waals surface area contributed by atoms with Crippen LogP contribution in [0.4, 0.5) is 0 Å². The highest BCUT2D eigenvalue weighted by atomic mass is 28.4. The molecule has 2 aromatic carbocycles. The van der Waals surface area contributed by atoms with Gasteiger partial charge in [0.1, 0.15) is 0 Å². The van der Waals surface area contributed by atoms with E-state index in [2.05, 4.69) is 55.5 Å². The van der Waals surface area contributed by atoms with Crippen molar-refractivity contribution in [3.05, 3.63) is 60.7 Å². The Balaban J connectivity index is 2.40. The number of benzene rings is 2. The van der Waals surface area contributed by atoms with Crippen molar-refractivity contribution < 1.29 is 24.2 Å². The van der Waals surface area contributed by atoms with Gasteiger partial charge in [0, 0.05) is 6.42 Å². The molecule has 0 saturated carbocycles. The zero-order valence-electron chi connectivity index (χ0n) is 20.3. The smallest absolute Gasteiger partial charge is 0.303 e. The maximum atomic E-state index is 12.5. The van der Waals surface area contributed by atoms with Crippen molar-refractivity contribution in [2.45, 2.75) is 64.1 Å². The van der Waals surface area contributed by atoms with Gasteiger partial charge in [0.05, 0.1) is 25.2 Å². The van der Waals surface area contributed by atoms with Crippen LogP contribution in [0, 0.1) is 0 Å². The standard InChI is InChI=1S/C25H35NO5Si/c1-19(27)17-23(28)26-20(15-16-24(29)30)18-31-32(25(2,3)4,21-11-7-5-8-12-21)22-13-9-6-10-14-22/h5-14,19-20,27H,15-18H2,1-4H3,(H,26,28)(H,29,30)/t19-,20+/m1/s1/i27T. The molecular weight excluding hydrogens is 422 g/mol. The molecule has 6 nitrogen and oxygen atoms in total. The lowest BCUT2D eigenvalue weighted by Crippen LogP contribution is -2.67. The van der Waals surface area contributed by atoms with E-state index >= 15 is 0 Å². The Morgan fingerprint density at radius 3 is 2.03 bits per heavy atom. The zero-order valence-corrected chi connectivity index (χ0v) is 20.3. The lowest BCUT2D eigenvalue weighted by molar-refractivity contribution is -0.137. The van der Waals surface area contributed by atoms with Crippen molar-refractivity contribution in [1.29, 1.82) is 1.43 Å². The predicted molar refractivity (Wildman–Crippen MR) is 129 cm³/mol. The molecule has 0 saturated heterocycles. The molecule has 0 unspecified atom stereocenters. The van der Waals surface area contributed by atoms with Crippen molar-refractivity contribution in [2.75, 3.05) is 6.61 Å². The largest absolute Gasteiger partial charge is 0.481 e. The molecule has 0 radical (unpaired) electrons. The van der Waals surface area contributed by atoms with Crippen molar-refractivity contribution in [3.8, 4) is 0 Å². The molecule has 3 N–H and O–H groups in total. The summed E-state index contributed by atoms with van der Waals surface area (Å²) in [6.45, 7) is 8.31. The predicted octanol–water partition coefficient (Wildman–Crippen LogP) is 2.68. The Hall–Kier alpha value is -2.48. The molecule has 0 aromatic heterocycles. The van der Waals surface area contributed by atoms with E-state index in [1.807, 2.05) is 36.4 Å². The molecule has 0 aliphatic carbocycles. The Morgan fingerprint density at radius 1 is 1.06 bits per heavy atom. The van der Waals surface area contributed by atoms with Crippen LogP contribution in [0.3, 0.4) is 0 Å². The minimum atomic E-state index is -2.81. The van der Waals surface area contributed by atoms with Gasteiger partial charge in [0.15, 0.2) is 0 Å². The molecule has 2 atom stereocenters. The first-order valence-electron chi connectivity index (χ1n) is 11.4. The average molecular weight is 460 g/mol. The first kappa shape index (κ1) is 24.2. The van der Waals surface area contributed by atoms with Gasteiger partial charge in [-0.2, -0.15) is 0 Å². The van der Waals surface area contributed by atoms with Gasteiger partial charge in [0.25, 0.3) is 8.32 Å². The van der Waals surface area contributed by atoms with E-state index in [4.69, 9.17) is 5.86 Å². The van der Waals surface area contributed by atoms with Crippen LogP contribution in [-0.4, -0.2) is 50.6 Å². The maximum Gasteiger partial charge on any atom is 0.303 e.